The minimum atomic E-state index is -0.726. The van der Waals surface area contributed by atoms with Crippen LogP contribution in [0.15, 0.2) is 16.8 Å². The zero-order valence-corrected chi connectivity index (χ0v) is 9.43. The molecule has 0 fully saturated rings. The van der Waals surface area contributed by atoms with Gasteiger partial charge in [-0.3, -0.25) is 0 Å². The largest absolute Gasteiger partial charge is 0.441 e. The maximum absolute atomic E-state index is 10.8. The van der Waals surface area contributed by atoms with Crippen LogP contribution in [0, 0.1) is 5.41 Å². The third-order valence-electron chi connectivity index (χ3n) is 1.87. The molecule has 0 spiro atoms. The number of carbonyl (C=O) groups excluding carboxylic acids is 1. The highest BCUT2D eigenvalue weighted by atomic mass is 32.1. The van der Waals surface area contributed by atoms with E-state index in [9.17, 15) is 4.79 Å². The van der Waals surface area contributed by atoms with E-state index in [-0.39, 0.29) is 11.5 Å². The van der Waals surface area contributed by atoms with Crippen molar-refractivity contribution in [2.24, 2.45) is 11.1 Å². The Bertz CT molecular complexity index is 300. The standard InChI is InChI=1S/C10H15NO2S/c1-10(2,3)8(13-9(11)12)7-4-5-14-6-7/h4-6,8H,1-3H3,(H2,11,12). The summed E-state index contributed by atoms with van der Waals surface area (Å²) in [5.41, 5.74) is 5.90. The van der Waals surface area contributed by atoms with E-state index in [0.29, 0.717) is 0 Å². The molecule has 0 radical (unpaired) electrons. The molecule has 0 aliphatic heterocycles. The zero-order valence-electron chi connectivity index (χ0n) is 8.61. The van der Waals surface area contributed by atoms with Crippen molar-refractivity contribution in [2.75, 3.05) is 0 Å². The van der Waals surface area contributed by atoms with Crippen LogP contribution in [0.1, 0.15) is 32.4 Å². The summed E-state index contributed by atoms with van der Waals surface area (Å²) in [5, 5.41) is 3.93. The van der Waals surface area contributed by atoms with Gasteiger partial charge in [0.2, 0.25) is 0 Å². The molecule has 0 aliphatic rings. The molecule has 1 atom stereocenters. The molecule has 0 bridgehead atoms. The summed E-state index contributed by atoms with van der Waals surface area (Å²) >= 11 is 1.58. The molecule has 14 heavy (non-hydrogen) atoms. The second-order valence-corrected chi connectivity index (χ2v) is 5.02. The maximum Gasteiger partial charge on any atom is 0.405 e. The first-order valence-corrected chi connectivity index (χ1v) is 5.33. The van der Waals surface area contributed by atoms with E-state index in [1.54, 1.807) is 11.3 Å². The smallest absolute Gasteiger partial charge is 0.405 e. The number of carbonyl (C=O) groups is 1. The lowest BCUT2D eigenvalue weighted by atomic mass is 9.86. The summed E-state index contributed by atoms with van der Waals surface area (Å²) in [6, 6.07) is 1.95. The van der Waals surface area contributed by atoms with Crippen LogP contribution in [0.2, 0.25) is 0 Å². The molecule has 2 N–H and O–H groups in total. The van der Waals surface area contributed by atoms with E-state index in [1.165, 1.54) is 0 Å². The molecule has 3 nitrogen and oxygen atoms in total. The van der Waals surface area contributed by atoms with E-state index in [4.69, 9.17) is 10.5 Å². The van der Waals surface area contributed by atoms with Crippen LogP contribution in [0.5, 0.6) is 0 Å². The van der Waals surface area contributed by atoms with Gasteiger partial charge in [-0.05, 0) is 16.8 Å². The molecule has 1 aromatic heterocycles. The van der Waals surface area contributed by atoms with Crippen molar-refractivity contribution in [3.05, 3.63) is 22.4 Å². The molecule has 1 amide bonds. The Balaban J connectivity index is 2.89. The number of primary amides is 1. The van der Waals surface area contributed by atoms with Crippen LogP contribution < -0.4 is 5.73 Å². The summed E-state index contributed by atoms with van der Waals surface area (Å²) in [6.45, 7) is 6.04. The van der Waals surface area contributed by atoms with Crippen LogP contribution in [0.4, 0.5) is 4.79 Å². The van der Waals surface area contributed by atoms with Gasteiger partial charge in [0, 0.05) is 11.0 Å². The first-order chi connectivity index (χ1) is 6.41. The minimum Gasteiger partial charge on any atom is -0.441 e. The first kappa shape index (κ1) is 11.0. The Morgan fingerprint density at radius 1 is 1.57 bits per heavy atom. The summed E-state index contributed by atoms with van der Waals surface area (Å²) in [4.78, 5) is 10.8. The normalized spacial score (nSPS) is 13.6. The van der Waals surface area contributed by atoms with Crippen molar-refractivity contribution in [3.63, 3.8) is 0 Å². The quantitative estimate of drug-likeness (QED) is 0.821. The van der Waals surface area contributed by atoms with E-state index >= 15 is 0 Å². The fraction of sp³-hybridized carbons (Fsp3) is 0.500. The van der Waals surface area contributed by atoms with Gasteiger partial charge in [-0.15, -0.1) is 0 Å². The number of hydrogen-bond donors (Lipinski definition) is 1. The van der Waals surface area contributed by atoms with Crippen LogP contribution in [0.3, 0.4) is 0 Å². The highest BCUT2D eigenvalue weighted by molar-refractivity contribution is 7.07. The van der Waals surface area contributed by atoms with E-state index in [2.05, 4.69) is 0 Å². The van der Waals surface area contributed by atoms with Gasteiger partial charge in [-0.1, -0.05) is 20.8 Å². The average molecular weight is 213 g/mol. The second kappa shape index (κ2) is 4.00. The lowest BCUT2D eigenvalue weighted by Gasteiger charge is -2.29. The Kier molecular flexibility index (Phi) is 3.16. The fourth-order valence-electron chi connectivity index (χ4n) is 1.29. The monoisotopic (exact) mass is 213 g/mol. The Morgan fingerprint density at radius 2 is 2.21 bits per heavy atom. The van der Waals surface area contributed by atoms with Crippen molar-refractivity contribution < 1.29 is 9.53 Å². The molecule has 1 rings (SSSR count). The lowest BCUT2D eigenvalue weighted by molar-refractivity contribution is 0.0363. The molecule has 0 saturated heterocycles. The number of ether oxygens (including phenoxy) is 1. The number of amides is 1. The van der Waals surface area contributed by atoms with Gasteiger partial charge in [-0.2, -0.15) is 11.3 Å². The first-order valence-electron chi connectivity index (χ1n) is 4.39. The van der Waals surface area contributed by atoms with Crippen molar-refractivity contribution in [2.45, 2.75) is 26.9 Å². The third kappa shape index (κ3) is 2.73. The molecule has 0 aliphatic carbocycles. The van der Waals surface area contributed by atoms with E-state index in [0.717, 1.165) is 5.56 Å². The molecular formula is C10H15NO2S. The molecule has 1 unspecified atom stereocenters. The van der Waals surface area contributed by atoms with Gasteiger partial charge >= 0.3 is 6.09 Å². The Hall–Kier alpha value is -1.03. The maximum atomic E-state index is 10.8. The van der Waals surface area contributed by atoms with Crippen LogP contribution >= 0.6 is 11.3 Å². The van der Waals surface area contributed by atoms with Gasteiger partial charge in [0.25, 0.3) is 0 Å². The minimum absolute atomic E-state index is 0.143. The van der Waals surface area contributed by atoms with Crippen molar-refractivity contribution in [1.82, 2.24) is 0 Å². The van der Waals surface area contributed by atoms with E-state index < -0.39 is 6.09 Å². The number of thiophene rings is 1. The third-order valence-corrected chi connectivity index (χ3v) is 2.57. The topological polar surface area (TPSA) is 52.3 Å². The highest BCUT2D eigenvalue weighted by Crippen LogP contribution is 2.36. The summed E-state index contributed by atoms with van der Waals surface area (Å²) in [6.07, 6.45) is -0.998. The SMILES string of the molecule is CC(C)(C)C(OC(N)=O)c1ccsc1. The van der Waals surface area contributed by atoms with Crippen molar-refractivity contribution >= 4 is 17.4 Å². The number of rotatable bonds is 2. The van der Waals surface area contributed by atoms with Gasteiger partial charge in [-0.25, -0.2) is 4.79 Å². The molecular weight excluding hydrogens is 198 g/mol. The average Bonchev–Trinajstić information content (AvgIpc) is 2.49. The predicted octanol–water partition coefficient (Wildman–Crippen LogP) is 2.93. The van der Waals surface area contributed by atoms with Crippen molar-refractivity contribution in [3.8, 4) is 0 Å². The van der Waals surface area contributed by atoms with Crippen LogP contribution in [0.25, 0.3) is 0 Å². The van der Waals surface area contributed by atoms with Gasteiger partial charge in [0.1, 0.15) is 6.10 Å². The van der Waals surface area contributed by atoms with Gasteiger partial charge in [0.05, 0.1) is 0 Å². The Morgan fingerprint density at radius 3 is 2.57 bits per heavy atom. The fourth-order valence-corrected chi connectivity index (χ4v) is 1.96. The molecule has 78 valence electrons. The predicted molar refractivity (Wildman–Crippen MR) is 57.2 cm³/mol. The summed E-state index contributed by atoms with van der Waals surface area (Å²) < 4.78 is 5.10. The van der Waals surface area contributed by atoms with Gasteiger partial charge in [0.15, 0.2) is 0 Å². The molecule has 1 heterocycles. The zero-order chi connectivity index (χ0) is 10.8. The second-order valence-electron chi connectivity index (χ2n) is 4.24. The van der Waals surface area contributed by atoms with E-state index in [1.807, 2.05) is 37.6 Å². The lowest BCUT2D eigenvalue weighted by Crippen LogP contribution is -2.26. The van der Waals surface area contributed by atoms with Crippen LogP contribution in [-0.2, 0) is 4.74 Å². The Labute approximate surface area is 87.9 Å². The summed E-state index contributed by atoms with van der Waals surface area (Å²) in [5.74, 6) is 0. The molecule has 4 heteroatoms. The number of nitrogens with two attached hydrogens (primary N) is 1. The van der Waals surface area contributed by atoms with Gasteiger partial charge < -0.3 is 10.5 Å². The molecule has 0 saturated carbocycles. The van der Waals surface area contributed by atoms with Crippen LogP contribution in [-0.4, -0.2) is 6.09 Å². The molecule has 1 aromatic rings. The summed E-state index contributed by atoms with van der Waals surface area (Å²) in [7, 11) is 0. The molecule has 0 aromatic carbocycles. The highest BCUT2D eigenvalue weighted by Gasteiger charge is 2.29. The number of hydrogen-bond acceptors (Lipinski definition) is 3. The van der Waals surface area contributed by atoms with Crippen molar-refractivity contribution in [1.29, 1.82) is 0 Å².